The first-order chi connectivity index (χ1) is 10.2. The largest absolute Gasteiger partial charge is 0.391 e. The SMILES string of the molecule is O=C(Nc1cccnc1)N1C[C@H](O)C[C@@H]1C1CCCCC1. The fourth-order valence-corrected chi connectivity index (χ4v) is 3.67. The van der Waals surface area contributed by atoms with Crippen molar-refractivity contribution < 1.29 is 9.90 Å². The molecule has 0 aromatic carbocycles. The Labute approximate surface area is 125 Å². The van der Waals surface area contributed by atoms with Crippen LogP contribution in [-0.2, 0) is 0 Å². The topological polar surface area (TPSA) is 65.5 Å². The summed E-state index contributed by atoms with van der Waals surface area (Å²) >= 11 is 0. The third kappa shape index (κ3) is 3.35. The number of carbonyl (C=O) groups excluding carboxylic acids is 1. The smallest absolute Gasteiger partial charge is 0.322 e. The molecule has 3 rings (SSSR count). The number of hydrogen-bond donors (Lipinski definition) is 2. The highest BCUT2D eigenvalue weighted by atomic mass is 16.3. The van der Waals surface area contributed by atoms with E-state index < -0.39 is 6.10 Å². The third-order valence-corrected chi connectivity index (χ3v) is 4.69. The van der Waals surface area contributed by atoms with E-state index in [0.717, 1.165) is 0 Å². The van der Waals surface area contributed by atoms with Gasteiger partial charge in [0.25, 0.3) is 0 Å². The molecule has 2 heterocycles. The van der Waals surface area contributed by atoms with Gasteiger partial charge in [0.2, 0.25) is 0 Å². The summed E-state index contributed by atoms with van der Waals surface area (Å²) in [6.45, 7) is 0.438. The Bertz CT molecular complexity index is 474. The lowest BCUT2D eigenvalue weighted by atomic mass is 9.83. The zero-order chi connectivity index (χ0) is 14.7. The van der Waals surface area contributed by atoms with Crippen LogP contribution in [-0.4, -0.2) is 39.7 Å². The number of aliphatic hydroxyl groups excluding tert-OH is 1. The lowest BCUT2D eigenvalue weighted by Gasteiger charge is -2.33. The van der Waals surface area contributed by atoms with Crippen LogP contribution in [0.15, 0.2) is 24.5 Å². The number of likely N-dealkylation sites (tertiary alicyclic amines) is 1. The lowest BCUT2D eigenvalue weighted by molar-refractivity contribution is 0.164. The number of aliphatic hydroxyl groups is 1. The maximum atomic E-state index is 12.5. The van der Waals surface area contributed by atoms with Gasteiger partial charge in [0.15, 0.2) is 0 Å². The van der Waals surface area contributed by atoms with E-state index in [2.05, 4.69) is 10.3 Å². The number of rotatable bonds is 2. The van der Waals surface area contributed by atoms with Crippen LogP contribution in [0.4, 0.5) is 10.5 Å². The first-order valence-electron chi connectivity index (χ1n) is 7.90. The van der Waals surface area contributed by atoms with Gasteiger partial charge in [0.05, 0.1) is 18.0 Å². The molecule has 1 aromatic heterocycles. The molecule has 2 aliphatic rings. The average molecular weight is 289 g/mol. The van der Waals surface area contributed by atoms with Crippen molar-refractivity contribution in [2.24, 2.45) is 5.92 Å². The molecule has 2 atom stereocenters. The number of pyridine rings is 1. The summed E-state index contributed by atoms with van der Waals surface area (Å²) in [4.78, 5) is 18.3. The fourth-order valence-electron chi connectivity index (χ4n) is 3.67. The molecule has 114 valence electrons. The van der Waals surface area contributed by atoms with E-state index in [1.807, 2.05) is 11.0 Å². The number of amides is 2. The molecule has 0 radical (unpaired) electrons. The second-order valence-corrected chi connectivity index (χ2v) is 6.18. The zero-order valence-electron chi connectivity index (χ0n) is 12.2. The number of carbonyl (C=O) groups is 1. The molecule has 2 N–H and O–H groups in total. The quantitative estimate of drug-likeness (QED) is 0.879. The van der Waals surface area contributed by atoms with E-state index in [1.54, 1.807) is 18.5 Å². The number of anilines is 1. The number of nitrogens with one attached hydrogen (secondary N) is 1. The van der Waals surface area contributed by atoms with E-state index in [1.165, 1.54) is 32.1 Å². The molecule has 1 saturated heterocycles. The van der Waals surface area contributed by atoms with Crippen LogP contribution in [0, 0.1) is 5.92 Å². The van der Waals surface area contributed by atoms with Crippen LogP contribution >= 0.6 is 0 Å². The van der Waals surface area contributed by atoms with Gasteiger partial charge in [0.1, 0.15) is 0 Å². The summed E-state index contributed by atoms with van der Waals surface area (Å²) in [7, 11) is 0. The average Bonchev–Trinajstić information content (AvgIpc) is 2.91. The van der Waals surface area contributed by atoms with Crippen molar-refractivity contribution in [3.63, 3.8) is 0 Å². The summed E-state index contributed by atoms with van der Waals surface area (Å²) < 4.78 is 0. The maximum Gasteiger partial charge on any atom is 0.322 e. The van der Waals surface area contributed by atoms with Crippen LogP contribution in [0.2, 0.25) is 0 Å². The Hall–Kier alpha value is -1.62. The van der Waals surface area contributed by atoms with Crippen molar-refractivity contribution in [3.8, 4) is 0 Å². The van der Waals surface area contributed by atoms with Crippen molar-refractivity contribution >= 4 is 11.7 Å². The third-order valence-electron chi connectivity index (χ3n) is 4.69. The van der Waals surface area contributed by atoms with Gasteiger partial charge in [-0.15, -0.1) is 0 Å². The van der Waals surface area contributed by atoms with Crippen LogP contribution in [0.1, 0.15) is 38.5 Å². The standard InChI is InChI=1S/C16H23N3O2/c20-14-9-15(12-5-2-1-3-6-12)19(11-14)16(21)18-13-7-4-8-17-10-13/h4,7-8,10,12,14-15,20H,1-3,5-6,9,11H2,(H,18,21)/t14-,15-/m1/s1. The molecule has 21 heavy (non-hydrogen) atoms. The van der Waals surface area contributed by atoms with Crippen molar-refractivity contribution in [3.05, 3.63) is 24.5 Å². The van der Waals surface area contributed by atoms with Gasteiger partial charge >= 0.3 is 6.03 Å². The van der Waals surface area contributed by atoms with Crippen LogP contribution in [0.3, 0.4) is 0 Å². The highest BCUT2D eigenvalue weighted by Gasteiger charge is 2.39. The predicted molar refractivity (Wildman–Crippen MR) is 80.9 cm³/mol. The molecule has 2 amide bonds. The molecule has 2 fully saturated rings. The molecule has 0 spiro atoms. The summed E-state index contributed by atoms with van der Waals surface area (Å²) in [5.74, 6) is 0.538. The molecule has 0 bridgehead atoms. The molecule has 1 aromatic rings. The minimum Gasteiger partial charge on any atom is -0.391 e. The van der Waals surface area contributed by atoms with Crippen molar-refractivity contribution in [1.82, 2.24) is 9.88 Å². The molecule has 1 aliphatic heterocycles. The van der Waals surface area contributed by atoms with Gasteiger partial charge in [-0.3, -0.25) is 4.98 Å². The van der Waals surface area contributed by atoms with E-state index >= 15 is 0 Å². The van der Waals surface area contributed by atoms with E-state index in [0.29, 0.717) is 24.6 Å². The number of aromatic nitrogens is 1. The van der Waals surface area contributed by atoms with Gasteiger partial charge in [-0.2, -0.15) is 0 Å². The predicted octanol–water partition coefficient (Wildman–Crippen LogP) is 2.63. The Morgan fingerprint density at radius 2 is 2.14 bits per heavy atom. The van der Waals surface area contributed by atoms with E-state index in [9.17, 15) is 9.90 Å². The van der Waals surface area contributed by atoms with Crippen molar-refractivity contribution in [2.75, 3.05) is 11.9 Å². The summed E-state index contributed by atoms with van der Waals surface area (Å²) in [5, 5.41) is 12.9. The first-order valence-corrected chi connectivity index (χ1v) is 7.90. The van der Waals surface area contributed by atoms with Crippen LogP contribution in [0.25, 0.3) is 0 Å². The normalized spacial score (nSPS) is 26.8. The van der Waals surface area contributed by atoms with Crippen molar-refractivity contribution in [1.29, 1.82) is 0 Å². The Morgan fingerprint density at radius 1 is 1.33 bits per heavy atom. The van der Waals surface area contributed by atoms with Gasteiger partial charge in [-0.1, -0.05) is 19.3 Å². The molecular weight excluding hydrogens is 266 g/mol. The van der Waals surface area contributed by atoms with Crippen LogP contribution in [0.5, 0.6) is 0 Å². The molecule has 1 saturated carbocycles. The maximum absolute atomic E-state index is 12.5. The summed E-state index contributed by atoms with van der Waals surface area (Å²) in [5.41, 5.74) is 0.700. The Kier molecular flexibility index (Phi) is 4.39. The molecular formula is C16H23N3O2. The summed E-state index contributed by atoms with van der Waals surface area (Å²) in [6.07, 6.45) is 9.78. The lowest BCUT2D eigenvalue weighted by Crippen LogP contribution is -2.43. The first kappa shape index (κ1) is 14.3. The van der Waals surface area contributed by atoms with Gasteiger partial charge < -0.3 is 15.3 Å². The van der Waals surface area contributed by atoms with Gasteiger partial charge in [0, 0.05) is 18.8 Å². The minimum absolute atomic E-state index is 0.116. The second kappa shape index (κ2) is 6.43. The monoisotopic (exact) mass is 289 g/mol. The second-order valence-electron chi connectivity index (χ2n) is 6.18. The molecule has 5 nitrogen and oxygen atoms in total. The zero-order valence-corrected chi connectivity index (χ0v) is 12.2. The molecule has 5 heteroatoms. The Balaban J connectivity index is 1.67. The number of hydrogen-bond acceptors (Lipinski definition) is 3. The highest BCUT2D eigenvalue weighted by Crippen LogP contribution is 2.34. The fraction of sp³-hybridized carbons (Fsp3) is 0.625. The number of β-amino-alcohol motifs (C(OH)–C–C–N with tert-alkyl or cyclic N) is 1. The van der Waals surface area contributed by atoms with Crippen LogP contribution < -0.4 is 5.32 Å². The Morgan fingerprint density at radius 3 is 2.86 bits per heavy atom. The number of urea groups is 1. The van der Waals surface area contributed by atoms with Crippen molar-refractivity contribution in [2.45, 2.75) is 50.7 Å². The molecule has 0 unspecified atom stereocenters. The number of nitrogens with zero attached hydrogens (tertiary/aromatic N) is 2. The minimum atomic E-state index is -0.392. The van der Waals surface area contributed by atoms with E-state index in [-0.39, 0.29) is 12.1 Å². The van der Waals surface area contributed by atoms with Gasteiger partial charge in [-0.25, -0.2) is 4.79 Å². The summed E-state index contributed by atoms with van der Waals surface area (Å²) in [6, 6.07) is 3.69. The van der Waals surface area contributed by atoms with Gasteiger partial charge in [-0.05, 0) is 37.3 Å². The van der Waals surface area contributed by atoms with E-state index in [4.69, 9.17) is 0 Å². The molecule has 1 aliphatic carbocycles. The highest BCUT2D eigenvalue weighted by molar-refractivity contribution is 5.89.